The Morgan fingerprint density at radius 3 is 2.90 bits per heavy atom. The summed E-state index contributed by atoms with van der Waals surface area (Å²) in [7, 11) is 1.31. The molecule has 0 spiro atoms. The maximum atomic E-state index is 11.2. The van der Waals surface area contributed by atoms with Crippen LogP contribution < -0.4 is 11.1 Å². The molecule has 1 aromatic heterocycles. The normalized spacial score (nSPS) is 16.9. The van der Waals surface area contributed by atoms with E-state index in [1.807, 2.05) is 0 Å². The van der Waals surface area contributed by atoms with E-state index in [0.29, 0.717) is 24.3 Å². The van der Waals surface area contributed by atoms with Gasteiger partial charge in [0.1, 0.15) is 12.3 Å². The standard InChI is InChI=1S/C14H21N3O3/c1-19-13(18)12-8-7-11(20-12)9-16-14(15)17-10-5-3-2-4-6-10/h7-8,10H,2-6,9H2,1H3,(H3,15,16,17). The largest absolute Gasteiger partial charge is 0.463 e. The zero-order valence-corrected chi connectivity index (χ0v) is 11.7. The molecule has 1 fully saturated rings. The van der Waals surface area contributed by atoms with Crippen LogP contribution in [-0.2, 0) is 11.3 Å². The van der Waals surface area contributed by atoms with Gasteiger partial charge in [-0.2, -0.15) is 0 Å². The minimum absolute atomic E-state index is 0.177. The molecule has 0 atom stereocenters. The molecule has 0 saturated heterocycles. The number of aliphatic imine (C=N–C) groups is 1. The molecule has 0 bridgehead atoms. The summed E-state index contributed by atoms with van der Waals surface area (Å²) in [5.41, 5.74) is 5.85. The van der Waals surface area contributed by atoms with E-state index in [4.69, 9.17) is 10.2 Å². The van der Waals surface area contributed by atoms with Crippen LogP contribution in [0.15, 0.2) is 21.5 Å². The monoisotopic (exact) mass is 279 g/mol. The molecule has 6 nitrogen and oxygen atoms in total. The first-order chi connectivity index (χ1) is 9.69. The predicted molar refractivity (Wildman–Crippen MR) is 75.4 cm³/mol. The van der Waals surface area contributed by atoms with Crippen molar-refractivity contribution in [2.45, 2.75) is 44.7 Å². The number of hydrogen-bond donors (Lipinski definition) is 2. The Hall–Kier alpha value is -1.98. The van der Waals surface area contributed by atoms with Crippen molar-refractivity contribution in [1.82, 2.24) is 5.32 Å². The van der Waals surface area contributed by atoms with Gasteiger partial charge in [0.15, 0.2) is 5.96 Å². The molecule has 0 aromatic carbocycles. The quantitative estimate of drug-likeness (QED) is 0.498. The van der Waals surface area contributed by atoms with Gasteiger partial charge in [-0.3, -0.25) is 0 Å². The molecule has 0 unspecified atom stereocenters. The van der Waals surface area contributed by atoms with Crippen molar-refractivity contribution in [2.75, 3.05) is 7.11 Å². The number of hydrogen-bond acceptors (Lipinski definition) is 4. The van der Waals surface area contributed by atoms with Crippen molar-refractivity contribution in [3.05, 3.63) is 23.7 Å². The number of carbonyl (C=O) groups is 1. The van der Waals surface area contributed by atoms with Crippen LogP contribution in [0.1, 0.15) is 48.4 Å². The van der Waals surface area contributed by atoms with Gasteiger partial charge >= 0.3 is 5.97 Å². The van der Waals surface area contributed by atoms with Crippen molar-refractivity contribution >= 4 is 11.9 Å². The van der Waals surface area contributed by atoms with E-state index >= 15 is 0 Å². The summed E-state index contributed by atoms with van der Waals surface area (Å²) < 4.78 is 9.88. The lowest BCUT2D eigenvalue weighted by molar-refractivity contribution is 0.0563. The lowest BCUT2D eigenvalue weighted by atomic mass is 9.96. The first-order valence-corrected chi connectivity index (χ1v) is 6.92. The summed E-state index contributed by atoms with van der Waals surface area (Å²) in [4.78, 5) is 15.5. The minimum Gasteiger partial charge on any atom is -0.463 e. The van der Waals surface area contributed by atoms with Crippen LogP contribution in [0.3, 0.4) is 0 Å². The molecule has 0 aliphatic heterocycles. The van der Waals surface area contributed by atoms with E-state index in [2.05, 4.69) is 15.0 Å². The molecule has 20 heavy (non-hydrogen) atoms. The van der Waals surface area contributed by atoms with E-state index < -0.39 is 5.97 Å². The van der Waals surface area contributed by atoms with Crippen LogP contribution in [0.2, 0.25) is 0 Å². The third-order valence-corrected chi connectivity index (χ3v) is 3.41. The predicted octanol–water partition coefficient (Wildman–Crippen LogP) is 1.80. The van der Waals surface area contributed by atoms with Crippen molar-refractivity contribution in [2.24, 2.45) is 10.7 Å². The molecular formula is C14H21N3O3. The second-order valence-electron chi connectivity index (χ2n) is 4.94. The Balaban J connectivity index is 1.84. The van der Waals surface area contributed by atoms with Gasteiger partial charge in [-0.05, 0) is 25.0 Å². The average molecular weight is 279 g/mol. The van der Waals surface area contributed by atoms with Crippen molar-refractivity contribution in [1.29, 1.82) is 0 Å². The Kier molecular flexibility index (Phi) is 5.03. The van der Waals surface area contributed by atoms with E-state index in [1.165, 1.54) is 26.4 Å². The molecule has 0 amide bonds. The van der Waals surface area contributed by atoms with Crippen LogP contribution in [0.4, 0.5) is 0 Å². The Labute approximate surface area is 118 Å². The SMILES string of the molecule is COC(=O)c1ccc(CN=C(N)NC2CCCCC2)o1. The number of guanidine groups is 1. The summed E-state index contributed by atoms with van der Waals surface area (Å²) >= 11 is 0. The molecule has 0 radical (unpaired) electrons. The summed E-state index contributed by atoms with van der Waals surface area (Å²) in [5, 5.41) is 3.22. The fourth-order valence-electron chi connectivity index (χ4n) is 2.34. The van der Waals surface area contributed by atoms with Gasteiger partial charge < -0.3 is 20.2 Å². The number of rotatable bonds is 4. The summed E-state index contributed by atoms with van der Waals surface area (Å²) in [6.45, 7) is 0.308. The molecule has 1 aliphatic rings. The van der Waals surface area contributed by atoms with E-state index in [-0.39, 0.29) is 5.76 Å². The number of nitrogens with one attached hydrogen (secondary N) is 1. The minimum atomic E-state index is -0.492. The highest BCUT2D eigenvalue weighted by Crippen LogP contribution is 2.17. The fraction of sp³-hybridized carbons (Fsp3) is 0.571. The number of furan rings is 1. The first-order valence-electron chi connectivity index (χ1n) is 6.92. The average Bonchev–Trinajstić information content (AvgIpc) is 2.94. The van der Waals surface area contributed by atoms with Crippen molar-refractivity contribution in [3.8, 4) is 0 Å². The van der Waals surface area contributed by atoms with Crippen LogP contribution in [0, 0.1) is 0 Å². The van der Waals surface area contributed by atoms with Gasteiger partial charge in [0.25, 0.3) is 0 Å². The third kappa shape index (κ3) is 4.01. The highest BCUT2D eigenvalue weighted by atomic mass is 16.5. The zero-order chi connectivity index (χ0) is 14.4. The maximum absolute atomic E-state index is 11.2. The van der Waals surface area contributed by atoms with Gasteiger partial charge in [-0.15, -0.1) is 0 Å². The Bertz CT molecular complexity index is 476. The van der Waals surface area contributed by atoms with Crippen molar-refractivity contribution < 1.29 is 13.9 Å². The maximum Gasteiger partial charge on any atom is 0.373 e. The molecule has 1 aromatic rings. The lowest BCUT2D eigenvalue weighted by Crippen LogP contribution is -2.41. The van der Waals surface area contributed by atoms with Gasteiger partial charge in [0, 0.05) is 6.04 Å². The zero-order valence-electron chi connectivity index (χ0n) is 11.7. The van der Waals surface area contributed by atoms with E-state index in [9.17, 15) is 4.79 Å². The number of carbonyl (C=O) groups excluding carboxylic acids is 1. The fourth-order valence-corrected chi connectivity index (χ4v) is 2.34. The van der Waals surface area contributed by atoms with Crippen molar-refractivity contribution in [3.63, 3.8) is 0 Å². The smallest absolute Gasteiger partial charge is 0.373 e. The highest BCUT2D eigenvalue weighted by molar-refractivity contribution is 5.86. The van der Waals surface area contributed by atoms with Gasteiger partial charge in [-0.1, -0.05) is 19.3 Å². The topological polar surface area (TPSA) is 89.8 Å². The summed E-state index contributed by atoms with van der Waals surface area (Å²) in [6, 6.07) is 3.69. The van der Waals surface area contributed by atoms with E-state index in [0.717, 1.165) is 12.8 Å². The molecule has 1 heterocycles. The molecule has 6 heteroatoms. The van der Waals surface area contributed by atoms with Gasteiger partial charge in [0.2, 0.25) is 5.76 Å². The Morgan fingerprint density at radius 2 is 2.20 bits per heavy atom. The van der Waals surface area contributed by atoms with Gasteiger partial charge in [0.05, 0.1) is 7.11 Å². The molecule has 110 valence electrons. The van der Waals surface area contributed by atoms with Gasteiger partial charge in [-0.25, -0.2) is 9.79 Å². The molecule has 1 aliphatic carbocycles. The number of methoxy groups -OCH3 is 1. The molecular weight excluding hydrogens is 258 g/mol. The van der Waals surface area contributed by atoms with Crippen LogP contribution in [0.25, 0.3) is 0 Å². The third-order valence-electron chi connectivity index (χ3n) is 3.41. The summed E-state index contributed by atoms with van der Waals surface area (Å²) in [5.74, 6) is 0.691. The molecule has 2 rings (SSSR count). The summed E-state index contributed by atoms with van der Waals surface area (Å²) in [6.07, 6.45) is 6.07. The van der Waals surface area contributed by atoms with Crippen LogP contribution >= 0.6 is 0 Å². The number of esters is 1. The molecule has 3 N–H and O–H groups in total. The second kappa shape index (κ2) is 6.98. The Morgan fingerprint density at radius 1 is 1.45 bits per heavy atom. The van der Waals surface area contributed by atoms with Crippen LogP contribution in [-0.4, -0.2) is 25.1 Å². The number of nitrogens with zero attached hydrogens (tertiary/aromatic N) is 1. The highest BCUT2D eigenvalue weighted by Gasteiger charge is 2.14. The second-order valence-corrected chi connectivity index (χ2v) is 4.94. The first kappa shape index (κ1) is 14.4. The number of nitrogens with two attached hydrogens (primary N) is 1. The lowest BCUT2D eigenvalue weighted by Gasteiger charge is -2.23. The molecule has 1 saturated carbocycles. The van der Waals surface area contributed by atoms with Crippen LogP contribution in [0.5, 0.6) is 0 Å². The number of ether oxygens (including phenoxy) is 1. The van der Waals surface area contributed by atoms with E-state index in [1.54, 1.807) is 12.1 Å².